The molecule has 2 heterocycles. The summed E-state index contributed by atoms with van der Waals surface area (Å²) in [5.74, 6) is 2.01. The monoisotopic (exact) mass is 433 g/mol. The SMILES string of the molecule is Cc1nnc(-c2cc(C3CC3)n(-c3cccc(C(=O)NC4CC(C)CC(C)(C)C4)c3)n2)o1. The molecule has 5 rings (SSSR count). The maximum atomic E-state index is 13.1. The zero-order chi connectivity index (χ0) is 22.5. The Bertz CT molecular complexity index is 1140. The molecule has 1 N–H and O–H groups in total. The average molecular weight is 434 g/mol. The summed E-state index contributed by atoms with van der Waals surface area (Å²) in [5, 5.41) is 16.1. The third-order valence-electron chi connectivity index (χ3n) is 6.55. The van der Waals surface area contributed by atoms with E-state index in [2.05, 4.69) is 36.3 Å². The van der Waals surface area contributed by atoms with Crippen molar-refractivity contribution >= 4 is 5.91 Å². The number of benzene rings is 1. The Morgan fingerprint density at radius 2 is 2.00 bits per heavy atom. The fourth-order valence-electron chi connectivity index (χ4n) is 5.28. The molecule has 2 aromatic heterocycles. The first kappa shape index (κ1) is 20.9. The van der Waals surface area contributed by atoms with Crippen molar-refractivity contribution in [2.45, 2.75) is 71.8 Å². The first-order chi connectivity index (χ1) is 15.3. The highest BCUT2D eigenvalue weighted by Crippen LogP contribution is 2.42. The van der Waals surface area contributed by atoms with Crippen molar-refractivity contribution in [2.75, 3.05) is 0 Å². The molecule has 1 amide bonds. The number of hydrogen-bond acceptors (Lipinski definition) is 5. The predicted molar refractivity (Wildman–Crippen MR) is 122 cm³/mol. The van der Waals surface area contributed by atoms with Gasteiger partial charge < -0.3 is 9.73 Å². The molecule has 2 aliphatic carbocycles. The van der Waals surface area contributed by atoms with Crippen LogP contribution in [0.3, 0.4) is 0 Å². The minimum Gasteiger partial charge on any atom is -0.420 e. The van der Waals surface area contributed by atoms with Crippen LogP contribution in [0.1, 0.15) is 80.7 Å². The van der Waals surface area contributed by atoms with Crippen molar-refractivity contribution in [1.82, 2.24) is 25.3 Å². The molecule has 0 bridgehead atoms. The summed E-state index contributed by atoms with van der Waals surface area (Å²) in [6.45, 7) is 8.63. The second-order valence-electron chi connectivity index (χ2n) is 10.4. The predicted octanol–water partition coefficient (Wildman–Crippen LogP) is 5.05. The fourth-order valence-corrected chi connectivity index (χ4v) is 5.28. The van der Waals surface area contributed by atoms with Crippen molar-refractivity contribution in [2.24, 2.45) is 11.3 Å². The third kappa shape index (κ3) is 4.33. The van der Waals surface area contributed by atoms with E-state index in [0.29, 0.717) is 34.9 Å². The molecule has 0 spiro atoms. The van der Waals surface area contributed by atoms with Gasteiger partial charge in [0.15, 0.2) is 0 Å². The molecular formula is C25H31N5O2. The summed E-state index contributed by atoms with van der Waals surface area (Å²) in [7, 11) is 0. The van der Waals surface area contributed by atoms with E-state index in [-0.39, 0.29) is 17.4 Å². The van der Waals surface area contributed by atoms with Gasteiger partial charge in [-0.05, 0) is 67.7 Å². The van der Waals surface area contributed by atoms with Crippen molar-refractivity contribution in [3.8, 4) is 17.3 Å². The molecule has 32 heavy (non-hydrogen) atoms. The second-order valence-corrected chi connectivity index (χ2v) is 10.4. The van der Waals surface area contributed by atoms with Gasteiger partial charge >= 0.3 is 0 Å². The first-order valence-electron chi connectivity index (χ1n) is 11.6. The van der Waals surface area contributed by atoms with Crippen LogP contribution in [0.15, 0.2) is 34.7 Å². The van der Waals surface area contributed by atoms with E-state index in [9.17, 15) is 4.79 Å². The van der Waals surface area contributed by atoms with Crippen LogP contribution in [0.2, 0.25) is 0 Å². The van der Waals surface area contributed by atoms with E-state index in [1.54, 1.807) is 6.92 Å². The number of hydrogen-bond donors (Lipinski definition) is 1. The van der Waals surface area contributed by atoms with Gasteiger partial charge in [0.25, 0.3) is 11.8 Å². The summed E-state index contributed by atoms with van der Waals surface area (Å²) in [6.07, 6.45) is 5.54. The van der Waals surface area contributed by atoms with Gasteiger partial charge in [0.1, 0.15) is 5.69 Å². The Morgan fingerprint density at radius 1 is 1.19 bits per heavy atom. The number of amides is 1. The smallest absolute Gasteiger partial charge is 0.268 e. The Kier molecular flexibility index (Phi) is 5.14. The van der Waals surface area contributed by atoms with Gasteiger partial charge in [-0.3, -0.25) is 4.79 Å². The molecule has 7 nitrogen and oxygen atoms in total. The van der Waals surface area contributed by atoms with Gasteiger partial charge in [0.2, 0.25) is 5.89 Å². The molecular weight excluding hydrogens is 402 g/mol. The molecule has 2 atom stereocenters. The number of aryl methyl sites for hydroxylation is 1. The van der Waals surface area contributed by atoms with Crippen LogP contribution in [0, 0.1) is 18.3 Å². The Hall–Kier alpha value is -2.96. The van der Waals surface area contributed by atoms with Crippen LogP contribution in [0.5, 0.6) is 0 Å². The van der Waals surface area contributed by atoms with Crippen LogP contribution in [-0.4, -0.2) is 31.9 Å². The van der Waals surface area contributed by atoms with E-state index in [1.807, 2.05) is 35.0 Å². The first-order valence-corrected chi connectivity index (χ1v) is 11.6. The normalized spacial score (nSPS) is 22.6. The largest absolute Gasteiger partial charge is 0.420 e. The Morgan fingerprint density at radius 3 is 2.69 bits per heavy atom. The Balaban J connectivity index is 1.40. The third-order valence-corrected chi connectivity index (χ3v) is 6.55. The standard InChI is InChI=1S/C25H31N5O2/c1-15-10-19(14-25(3,4)13-15)26-23(31)18-6-5-7-20(11-18)30-22(17-8-9-17)12-21(29-30)24-28-27-16(2)32-24/h5-7,11-12,15,17,19H,8-10,13-14H2,1-4H3,(H,26,31). The zero-order valence-electron chi connectivity index (χ0n) is 19.3. The highest BCUT2D eigenvalue weighted by atomic mass is 16.4. The number of aromatic nitrogens is 4. The number of nitrogens with one attached hydrogen (secondary N) is 1. The van der Waals surface area contributed by atoms with Gasteiger partial charge in [-0.25, -0.2) is 4.68 Å². The van der Waals surface area contributed by atoms with Crippen molar-refractivity contribution in [1.29, 1.82) is 0 Å². The quantitative estimate of drug-likeness (QED) is 0.608. The highest BCUT2D eigenvalue weighted by Gasteiger charge is 2.33. The number of nitrogens with zero attached hydrogens (tertiary/aromatic N) is 4. The molecule has 1 aromatic carbocycles. The van der Waals surface area contributed by atoms with Gasteiger partial charge in [-0.2, -0.15) is 5.10 Å². The van der Waals surface area contributed by atoms with Crippen LogP contribution < -0.4 is 5.32 Å². The maximum Gasteiger partial charge on any atom is 0.268 e. The zero-order valence-corrected chi connectivity index (χ0v) is 19.3. The van der Waals surface area contributed by atoms with Crippen LogP contribution in [0.25, 0.3) is 17.3 Å². The number of carbonyl (C=O) groups is 1. The van der Waals surface area contributed by atoms with Gasteiger partial charge in [0.05, 0.1) is 5.69 Å². The van der Waals surface area contributed by atoms with Gasteiger partial charge in [-0.1, -0.05) is 26.8 Å². The molecule has 7 heteroatoms. The van der Waals surface area contributed by atoms with Gasteiger partial charge in [-0.15, -0.1) is 10.2 Å². The minimum atomic E-state index is -0.0189. The minimum absolute atomic E-state index is 0.0189. The van der Waals surface area contributed by atoms with Crippen molar-refractivity contribution in [3.05, 3.63) is 47.5 Å². The molecule has 2 unspecified atom stereocenters. The molecule has 2 saturated carbocycles. The fraction of sp³-hybridized carbons (Fsp3) is 0.520. The lowest BCUT2D eigenvalue weighted by molar-refractivity contribution is 0.0874. The van der Waals surface area contributed by atoms with E-state index in [4.69, 9.17) is 9.52 Å². The molecule has 0 saturated heterocycles. The maximum absolute atomic E-state index is 13.1. The summed E-state index contributed by atoms with van der Waals surface area (Å²) in [5.41, 5.74) is 3.58. The van der Waals surface area contributed by atoms with Crippen LogP contribution in [0.4, 0.5) is 0 Å². The van der Waals surface area contributed by atoms with Crippen LogP contribution >= 0.6 is 0 Å². The average Bonchev–Trinajstić information content (AvgIpc) is 3.32. The van der Waals surface area contributed by atoms with E-state index >= 15 is 0 Å². The lowest BCUT2D eigenvalue weighted by atomic mass is 9.70. The molecule has 3 aromatic rings. The van der Waals surface area contributed by atoms with Crippen molar-refractivity contribution in [3.63, 3.8) is 0 Å². The summed E-state index contributed by atoms with van der Waals surface area (Å²) < 4.78 is 7.51. The number of rotatable bonds is 5. The highest BCUT2D eigenvalue weighted by molar-refractivity contribution is 5.95. The van der Waals surface area contributed by atoms with E-state index in [1.165, 1.54) is 6.42 Å². The van der Waals surface area contributed by atoms with Gasteiger partial charge in [0, 0.05) is 30.1 Å². The summed E-state index contributed by atoms with van der Waals surface area (Å²) in [4.78, 5) is 13.1. The van der Waals surface area contributed by atoms with E-state index < -0.39 is 0 Å². The Labute approximate surface area is 188 Å². The van der Waals surface area contributed by atoms with Crippen LogP contribution in [-0.2, 0) is 0 Å². The molecule has 2 fully saturated rings. The summed E-state index contributed by atoms with van der Waals surface area (Å²) >= 11 is 0. The molecule has 168 valence electrons. The topological polar surface area (TPSA) is 85.8 Å². The molecule has 0 aliphatic heterocycles. The lowest BCUT2D eigenvalue weighted by Gasteiger charge is -2.39. The second kappa shape index (κ2) is 7.87. The molecule has 0 radical (unpaired) electrons. The number of carbonyl (C=O) groups excluding carboxylic acids is 1. The van der Waals surface area contributed by atoms with Crippen molar-refractivity contribution < 1.29 is 9.21 Å². The van der Waals surface area contributed by atoms with E-state index in [0.717, 1.165) is 37.1 Å². The lowest BCUT2D eigenvalue weighted by Crippen LogP contribution is -2.43. The molecule has 2 aliphatic rings. The summed E-state index contributed by atoms with van der Waals surface area (Å²) in [6, 6.07) is 9.96.